The lowest BCUT2D eigenvalue weighted by molar-refractivity contribution is 0.0422. The van der Waals surface area contributed by atoms with Gasteiger partial charge in [-0.15, -0.1) is 5.10 Å². The van der Waals surface area contributed by atoms with E-state index in [1.807, 2.05) is 4.90 Å². The monoisotopic (exact) mass is 273 g/mol. The highest BCUT2D eigenvalue weighted by Gasteiger charge is 2.34. The standard InChI is InChI=1S/C14H19N5O/c1-9-7-10(2)19(11(3)8-9)13(20)12-16-14-15-5-4-6-18(14)17-12/h4-6,9-11H,7-8H2,1-3H3. The summed E-state index contributed by atoms with van der Waals surface area (Å²) in [5.74, 6) is 1.25. The third-order valence-corrected chi connectivity index (χ3v) is 3.98. The molecule has 0 aromatic carbocycles. The van der Waals surface area contributed by atoms with Crippen molar-refractivity contribution in [3.05, 3.63) is 24.3 Å². The molecule has 1 fully saturated rings. The predicted octanol–water partition coefficient (Wildman–Crippen LogP) is 1.77. The van der Waals surface area contributed by atoms with Crippen LogP contribution in [0.1, 0.15) is 44.2 Å². The average Bonchev–Trinajstić information content (AvgIpc) is 2.81. The Morgan fingerprint density at radius 3 is 2.60 bits per heavy atom. The molecule has 3 heterocycles. The molecule has 0 saturated carbocycles. The van der Waals surface area contributed by atoms with Crippen molar-refractivity contribution in [3.63, 3.8) is 0 Å². The van der Waals surface area contributed by atoms with Crippen LogP contribution in [0.5, 0.6) is 0 Å². The smallest absolute Gasteiger partial charge is 0.294 e. The zero-order valence-electron chi connectivity index (χ0n) is 12.0. The molecular weight excluding hydrogens is 254 g/mol. The number of hydrogen-bond donors (Lipinski definition) is 0. The minimum Gasteiger partial charge on any atom is -0.330 e. The predicted molar refractivity (Wildman–Crippen MR) is 74.3 cm³/mol. The van der Waals surface area contributed by atoms with E-state index in [-0.39, 0.29) is 23.8 Å². The van der Waals surface area contributed by atoms with E-state index in [0.717, 1.165) is 12.8 Å². The van der Waals surface area contributed by atoms with Crippen molar-refractivity contribution in [1.82, 2.24) is 24.5 Å². The van der Waals surface area contributed by atoms with Crippen LogP contribution in [0.2, 0.25) is 0 Å². The Morgan fingerprint density at radius 2 is 1.95 bits per heavy atom. The number of piperidine rings is 1. The highest BCUT2D eigenvalue weighted by atomic mass is 16.2. The summed E-state index contributed by atoms with van der Waals surface area (Å²) in [6, 6.07) is 2.21. The summed E-state index contributed by atoms with van der Waals surface area (Å²) in [4.78, 5) is 22.9. The highest BCUT2D eigenvalue weighted by molar-refractivity contribution is 5.91. The van der Waals surface area contributed by atoms with Crippen molar-refractivity contribution < 1.29 is 4.79 Å². The number of nitrogens with zero attached hydrogens (tertiary/aromatic N) is 5. The second-order valence-corrected chi connectivity index (χ2v) is 5.79. The van der Waals surface area contributed by atoms with Crippen LogP contribution in [0.3, 0.4) is 0 Å². The Kier molecular flexibility index (Phi) is 3.16. The summed E-state index contributed by atoms with van der Waals surface area (Å²) in [7, 11) is 0. The molecule has 0 bridgehead atoms. The molecule has 1 aliphatic rings. The van der Waals surface area contributed by atoms with Crippen molar-refractivity contribution in [2.45, 2.75) is 45.7 Å². The number of carbonyl (C=O) groups is 1. The number of aromatic nitrogens is 4. The summed E-state index contributed by atoms with van der Waals surface area (Å²) in [5.41, 5.74) is 0. The van der Waals surface area contributed by atoms with Crippen molar-refractivity contribution in [2.24, 2.45) is 5.92 Å². The molecular formula is C14H19N5O. The average molecular weight is 273 g/mol. The van der Waals surface area contributed by atoms with E-state index in [9.17, 15) is 4.79 Å². The fourth-order valence-electron chi connectivity index (χ4n) is 3.26. The molecule has 2 aromatic heterocycles. The van der Waals surface area contributed by atoms with Crippen molar-refractivity contribution in [1.29, 1.82) is 0 Å². The summed E-state index contributed by atoms with van der Waals surface area (Å²) < 4.78 is 1.54. The molecule has 0 radical (unpaired) electrons. The van der Waals surface area contributed by atoms with Crippen LogP contribution in [0.15, 0.2) is 18.5 Å². The quantitative estimate of drug-likeness (QED) is 0.794. The first-order valence-corrected chi connectivity index (χ1v) is 7.06. The van der Waals surface area contributed by atoms with Gasteiger partial charge in [0.2, 0.25) is 5.82 Å². The third-order valence-electron chi connectivity index (χ3n) is 3.98. The minimum absolute atomic E-state index is 0.0950. The highest BCUT2D eigenvalue weighted by Crippen LogP contribution is 2.28. The SMILES string of the molecule is CC1CC(C)N(C(=O)c2nc3ncccn3n2)C(C)C1. The van der Waals surface area contributed by atoms with Gasteiger partial charge in [0.1, 0.15) is 0 Å². The third kappa shape index (κ3) is 2.15. The minimum atomic E-state index is -0.0950. The summed E-state index contributed by atoms with van der Waals surface area (Å²) in [6.07, 6.45) is 5.45. The zero-order chi connectivity index (χ0) is 14.3. The van der Waals surface area contributed by atoms with Gasteiger partial charge in [0.25, 0.3) is 11.7 Å². The molecule has 6 nitrogen and oxygen atoms in total. The van der Waals surface area contributed by atoms with E-state index in [4.69, 9.17) is 0 Å². The van der Waals surface area contributed by atoms with Crippen LogP contribution in [-0.2, 0) is 0 Å². The first-order chi connectivity index (χ1) is 9.56. The summed E-state index contributed by atoms with van der Waals surface area (Å²) in [6.45, 7) is 6.43. The molecule has 0 spiro atoms. The molecule has 1 amide bonds. The van der Waals surface area contributed by atoms with Crippen LogP contribution in [-0.4, -0.2) is 42.5 Å². The maximum atomic E-state index is 12.7. The van der Waals surface area contributed by atoms with Crippen LogP contribution >= 0.6 is 0 Å². The largest absolute Gasteiger partial charge is 0.330 e. The Morgan fingerprint density at radius 1 is 1.25 bits per heavy atom. The number of hydrogen-bond acceptors (Lipinski definition) is 4. The fourth-order valence-corrected chi connectivity index (χ4v) is 3.26. The molecule has 0 N–H and O–H groups in total. The van der Waals surface area contributed by atoms with Crippen molar-refractivity contribution >= 4 is 11.7 Å². The molecule has 6 heteroatoms. The van der Waals surface area contributed by atoms with Gasteiger partial charge in [-0.25, -0.2) is 9.50 Å². The van der Waals surface area contributed by atoms with Crippen LogP contribution in [0, 0.1) is 5.92 Å². The zero-order valence-corrected chi connectivity index (χ0v) is 12.0. The second-order valence-electron chi connectivity index (χ2n) is 5.79. The molecule has 1 aliphatic heterocycles. The van der Waals surface area contributed by atoms with Gasteiger partial charge in [0, 0.05) is 24.5 Å². The molecule has 106 valence electrons. The maximum absolute atomic E-state index is 12.7. The normalized spacial score (nSPS) is 26.9. The topological polar surface area (TPSA) is 63.4 Å². The lowest BCUT2D eigenvalue weighted by atomic mass is 9.88. The van der Waals surface area contributed by atoms with Crippen molar-refractivity contribution in [3.8, 4) is 0 Å². The first kappa shape index (κ1) is 13.0. The number of likely N-dealkylation sites (tertiary alicyclic amines) is 1. The number of amides is 1. The molecule has 2 atom stereocenters. The molecule has 2 unspecified atom stereocenters. The molecule has 20 heavy (non-hydrogen) atoms. The summed E-state index contributed by atoms with van der Waals surface area (Å²) in [5, 5.41) is 4.23. The lowest BCUT2D eigenvalue weighted by Gasteiger charge is -2.41. The van der Waals surface area contributed by atoms with Gasteiger partial charge < -0.3 is 4.90 Å². The Bertz CT molecular complexity index is 592. The van der Waals surface area contributed by atoms with Gasteiger partial charge in [0.05, 0.1) is 0 Å². The van der Waals surface area contributed by atoms with Crippen LogP contribution in [0.4, 0.5) is 0 Å². The van der Waals surface area contributed by atoms with Crippen LogP contribution < -0.4 is 0 Å². The van der Waals surface area contributed by atoms with Gasteiger partial charge in [-0.3, -0.25) is 4.79 Å². The molecule has 0 aliphatic carbocycles. The molecule has 2 aromatic rings. The van der Waals surface area contributed by atoms with E-state index in [1.54, 1.807) is 18.5 Å². The van der Waals surface area contributed by atoms with Gasteiger partial charge in [-0.1, -0.05) is 6.92 Å². The van der Waals surface area contributed by atoms with Crippen LogP contribution in [0.25, 0.3) is 5.78 Å². The Hall–Kier alpha value is -1.98. The molecule has 3 rings (SSSR count). The summed E-state index contributed by atoms with van der Waals surface area (Å²) >= 11 is 0. The van der Waals surface area contributed by atoms with E-state index in [1.165, 1.54) is 4.52 Å². The van der Waals surface area contributed by atoms with E-state index in [0.29, 0.717) is 11.7 Å². The van der Waals surface area contributed by atoms with Gasteiger partial charge in [-0.2, -0.15) is 4.98 Å². The van der Waals surface area contributed by atoms with E-state index < -0.39 is 0 Å². The lowest BCUT2D eigenvalue weighted by Crippen LogP contribution is -2.49. The fraction of sp³-hybridized carbons (Fsp3) is 0.571. The number of rotatable bonds is 1. The van der Waals surface area contributed by atoms with Crippen molar-refractivity contribution in [2.75, 3.05) is 0 Å². The molecule has 1 saturated heterocycles. The van der Waals surface area contributed by atoms with E-state index in [2.05, 4.69) is 35.8 Å². The maximum Gasteiger partial charge on any atom is 0.294 e. The second kappa shape index (κ2) is 4.85. The first-order valence-electron chi connectivity index (χ1n) is 7.06. The Balaban J connectivity index is 1.91. The van der Waals surface area contributed by atoms with E-state index >= 15 is 0 Å². The number of carbonyl (C=O) groups excluding carboxylic acids is 1. The Labute approximate surface area is 117 Å². The number of fused-ring (bicyclic) bond motifs is 1. The van der Waals surface area contributed by atoms with Gasteiger partial charge in [0.15, 0.2) is 0 Å². The van der Waals surface area contributed by atoms with Gasteiger partial charge in [-0.05, 0) is 38.7 Å². The van der Waals surface area contributed by atoms with Gasteiger partial charge >= 0.3 is 0 Å².